The van der Waals surface area contributed by atoms with Gasteiger partial charge in [0.2, 0.25) is 11.8 Å². The summed E-state index contributed by atoms with van der Waals surface area (Å²) in [5.41, 5.74) is 3.39. The SMILES string of the molecule is Cc1ccc(-c2nnc(CNCCc3ccc(Cl)cc3)o2)cc1. The molecule has 3 rings (SSSR count). The highest BCUT2D eigenvalue weighted by Crippen LogP contribution is 2.18. The van der Waals surface area contributed by atoms with Gasteiger partial charge >= 0.3 is 0 Å². The number of benzene rings is 2. The van der Waals surface area contributed by atoms with Crippen LogP contribution < -0.4 is 5.32 Å². The molecule has 0 aliphatic rings. The molecule has 0 spiro atoms. The zero-order chi connectivity index (χ0) is 16.1. The summed E-state index contributed by atoms with van der Waals surface area (Å²) in [7, 11) is 0. The van der Waals surface area contributed by atoms with E-state index in [9.17, 15) is 0 Å². The van der Waals surface area contributed by atoms with E-state index in [4.69, 9.17) is 16.0 Å². The largest absolute Gasteiger partial charge is 0.419 e. The van der Waals surface area contributed by atoms with Gasteiger partial charge in [-0.2, -0.15) is 0 Å². The summed E-state index contributed by atoms with van der Waals surface area (Å²) in [4.78, 5) is 0. The van der Waals surface area contributed by atoms with E-state index in [1.54, 1.807) is 0 Å². The number of nitrogens with one attached hydrogen (secondary N) is 1. The molecule has 23 heavy (non-hydrogen) atoms. The minimum absolute atomic E-state index is 0.555. The van der Waals surface area contributed by atoms with Crippen LogP contribution >= 0.6 is 11.6 Å². The predicted octanol–water partition coefficient (Wildman–Crippen LogP) is 4.03. The van der Waals surface area contributed by atoms with E-state index >= 15 is 0 Å². The van der Waals surface area contributed by atoms with Crippen LogP contribution in [-0.2, 0) is 13.0 Å². The van der Waals surface area contributed by atoms with Crippen LogP contribution in [0.5, 0.6) is 0 Å². The Hall–Kier alpha value is -2.17. The Morgan fingerprint density at radius 1 is 1.00 bits per heavy atom. The molecule has 0 bridgehead atoms. The van der Waals surface area contributed by atoms with Gasteiger partial charge in [-0.25, -0.2) is 0 Å². The first kappa shape index (κ1) is 15.7. The average molecular weight is 328 g/mol. The maximum Gasteiger partial charge on any atom is 0.247 e. The molecule has 0 fully saturated rings. The van der Waals surface area contributed by atoms with E-state index in [0.29, 0.717) is 18.3 Å². The van der Waals surface area contributed by atoms with Crippen LogP contribution in [0.1, 0.15) is 17.0 Å². The molecule has 0 amide bonds. The van der Waals surface area contributed by atoms with Crippen molar-refractivity contribution >= 4 is 11.6 Å². The van der Waals surface area contributed by atoms with Crippen LogP contribution in [0.25, 0.3) is 11.5 Å². The van der Waals surface area contributed by atoms with Gasteiger partial charge in [-0.15, -0.1) is 10.2 Å². The minimum atomic E-state index is 0.555. The van der Waals surface area contributed by atoms with Crippen LogP contribution in [0.2, 0.25) is 5.02 Å². The van der Waals surface area contributed by atoms with E-state index < -0.39 is 0 Å². The summed E-state index contributed by atoms with van der Waals surface area (Å²) >= 11 is 5.87. The molecule has 1 heterocycles. The fourth-order valence-corrected chi connectivity index (χ4v) is 2.34. The van der Waals surface area contributed by atoms with E-state index in [1.165, 1.54) is 11.1 Å². The van der Waals surface area contributed by atoms with Crippen molar-refractivity contribution in [1.82, 2.24) is 15.5 Å². The van der Waals surface area contributed by atoms with Crippen molar-refractivity contribution in [3.05, 3.63) is 70.6 Å². The Labute approximate surface area is 140 Å². The molecular weight excluding hydrogens is 310 g/mol. The lowest BCUT2D eigenvalue weighted by molar-refractivity contribution is 0.478. The van der Waals surface area contributed by atoms with Crippen molar-refractivity contribution in [3.8, 4) is 11.5 Å². The fraction of sp³-hybridized carbons (Fsp3) is 0.222. The Kier molecular flexibility index (Phi) is 5.05. The third-order valence-corrected chi connectivity index (χ3v) is 3.80. The third kappa shape index (κ3) is 4.41. The molecule has 0 aliphatic heterocycles. The summed E-state index contributed by atoms with van der Waals surface area (Å²) in [6, 6.07) is 15.9. The van der Waals surface area contributed by atoms with E-state index in [-0.39, 0.29) is 0 Å². The average Bonchev–Trinajstić information content (AvgIpc) is 3.03. The number of nitrogens with zero attached hydrogens (tertiary/aromatic N) is 2. The van der Waals surface area contributed by atoms with Gasteiger partial charge < -0.3 is 9.73 Å². The lowest BCUT2D eigenvalue weighted by Gasteiger charge is -2.02. The molecule has 0 atom stereocenters. The molecule has 0 saturated heterocycles. The number of aryl methyl sites for hydroxylation is 1. The number of rotatable bonds is 6. The van der Waals surface area contributed by atoms with Crippen LogP contribution in [0.4, 0.5) is 0 Å². The second-order valence-electron chi connectivity index (χ2n) is 5.42. The zero-order valence-electron chi connectivity index (χ0n) is 12.9. The molecule has 0 saturated carbocycles. The maximum absolute atomic E-state index is 5.87. The normalized spacial score (nSPS) is 10.9. The van der Waals surface area contributed by atoms with Crippen LogP contribution in [0.15, 0.2) is 52.9 Å². The van der Waals surface area contributed by atoms with Gasteiger partial charge in [0.15, 0.2) is 0 Å². The van der Waals surface area contributed by atoms with E-state index in [2.05, 4.69) is 15.5 Å². The molecule has 0 unspecified atom stereocenters. The third-order valence-electron chi connectivity index (χ3n) is 3.55. The van der Waals surface area contributed by atoms with Crippen LogP contribution in [-0.4, -0.2) is 16.7 Å². The minimum Gasteiger partial charge on any atom is -0.419 e. The van der Waals surface area contributed by atoms with Crippen molar-refractivity contribution in [2.45, 2.75) is 19.9 Å². The predicted molar refractivity (Wildman–Crippen MR) is 91.3 cm³/mol. The summed E-state index contributed by atoms with van der Waals surface area (Å²) < 4.78 is 5.68. The number of aromatic nitrogens is 2. The standard InChI is InChI=1S/C18H18ClN3O/c1-13-2-6-15(7-3-13)18-22-21-17(23-18)12-20-11-10-14-4-8-16(19)9-5-14/h2-9,20H,10-12H2,1H3. The molecule has 5 heteroatoms. The monoisotopic (exact) mass is 327 g/mol. The number of halogens is 1. The molecule has 1 aromatic heterocycles. The van der Waals surface area contributed by atoms with Gasteiger partial charge in [0.25, 0.3) is 0 Å². The maximum atomic E-state index is 5.87. The van der Waals surface area contributed by atoms with Crippen LogP contribution in [0.3, 0.4) is 0 Å². The highest BCUT2D eigenvalue weighted by Gasteiger charge is 2.07. The Morgan fingerprint density at radius 3 is 2.48 bits per heavy atom. The topological polar surface area (TPSA) is 51.0 Å². The van der Waals surface area contributed by atoms with Crippen molar-refractivity contribution in [1.29, 1.82) is 0 Å². The Morgan fingerprint density at radius 2 is 1.74 bits per heavy atom. The molecule has 3 aromatic rings. The van der Waals surface area contributed by atoms with E-state index in [1.807, 2.05) is 55.5 Å². The molecule has 0 radical (unpaired) electrons. The molecule has 1 N–H and O–H groups in total. The summed E-state index contributed by atoms with van der Waals surface area (Å²) in [5.74, 6) is 1.15. The highest BCUT2D eigenvalue weighted by molar-refractivity contribution is 6.30. The van der Waals surface area contributed by atoms with Gasteiger partial charge in [0.05, 0.1) is 6.54 Å². The van der Waals surface area contributed by atoms with Gasteiger partial charge in [0.1, 0.15) is 0 Å². The zero-order valence-corrected chi connectivity index (χ0v) is 13.7. The van der Waals surface area contributed by atoms with Gasteiger partial charge in [0, 0.05) is 10.6 Å². The molecule has 0 aliphatic carbocycles. The molecular formula is C18H18ClN3O. The first-order valence-corrected chi connectivity index (χ1v) is 7.93. The Bertz CT molecular complexity index is 751. The van der Waals surface area contributed by atoms with Gasteiger partial charge in [-0.3, -0.25) is 0 Å². The second-order valence-corrected chi connectivity index (χ2v) is 5.86. The quantitative estimate of drug-likeness (QED) is 0.694. The van der Waals surface area contributed by atoms with Crippen molar-refractivity contribution in [2.24, 2.45) is 0 Å². The van der Waals surface area contributed by atoms with Crippen LogP contribution in [0, 0.1) is 6.92 Å². The van der Waals surface area contributed by atoms with Gasteiger partial charge in [-0.05, 0) is 49.7 Å². The van der Waals surface area contributed by atoms with Crippen molar-refractivity contribution < 1.29 is 4.42 Å². The summed E-state index contributed by atoms with van der Waals surface area (Å²) in [5, 5.41) is 12.2. The smallest absolute Gasteiger partial charge is 0.247 e. The summed E-state index contributed by atoms with van der Waals surface area (Å²) in [6.07, 6.45) is 0.927. The Balaban J connectivity index is 1.49. The van der Waals surface area contributed by atoms with Crippen molar-refractivity contribution in [3.63, 3.8) is 0 Å². The first-order valence-electron chi connectivity index (χ1n) is 7.55. The summed E-state index contributed by atoms with van der Waals surface area (Å²) in [6.45, 7) is 3.45. The van der Waals surface area contributed by atoms with Crippen molar-refractivity contribution in [2.75, 3.05) is 6.54 Å². The number of hydrogen-bond acceptors (Lipinski definition) is 4. The fourth-order valence-electron chi connectivity index (χ4n) is 2.22. The van der Waals surface area contributed by atoms with E-state index in [0.717, 1.165) is 23.6 Å². The first-order chi connectivity index (χ1) is 11.2. The highest BCUT2D eigenvalue weighted by atomic mass is 35.5. The lowest BCUT2D eigenvalue weighted by atomic mass is 10.1. The molecule has 4 nitrogen and oxygen atoms in total. The molecule has 118 valence electrons. The number of hydrogen-bond donors (Lipinski definition) is 1. The lowest BCUT2D eigenvalue weighted by Crippen LogP contribution is -2.16. The molecule has 2 aromatic carbocycles. The van der Waals surface area contributed by atoms with Gasteiger partial charge in [-0.1, -0.05) is 41.4 Å². The second kappa shape index (κ2) is 7.40.